The van der Waals surface area contributed by atoms with Gasteiger partial charge in [0.05, 0.1) is 0 Å². The second-order valence-electron chi connectivity index (χ2n) is 6.31. The molecule has 1 aromatic carbocycles. The molecule has 3 heteroatoms. The molecule has 0 radical (unpaired) electrons. The fourth-order valence-electron chi connectivity index (χ4n) is 3.62. The van der Waals surface area contributed by atoms with Crippen molar-refractivity contribution in [3.63, 3.8) is 0 Å². The van der Waals surface area contributed by atoms with Crippen LogP contribution in [0.3, 0.4) is 0 Å². The molecule has 2 rings (SSSR count). The zero-order valence-electron chi connectivity index (χ0n) is 11.8. The lowest BCUT2D eigenvalue weighted by Crippen LogP contribution is -2.33. The molecule has 1 atom stereocenters. The second-order valence-corrected chi connectivity index (χ2v) is 8.08. The van der Waals surface area contributed by atoms with Crippen molar-refractivity contribution in [3.8, 4) is 0 Å². The molecule has 2 N–H and O–H groups in total. The van der Waals surface area contributed by atoms with E-state index in [0.29, 0.717) is 5.92 Å². The van der Waals surface area contributed by atoms with E-state index in [2.05, 4.69) is 63.9 Å². The highest BCUT2D eigenvalue weighted by Gasteiger charge is 2.41. The van der Waals surface area contributed by atoms with Gasteiger partial charge in [0, 0.05) is 15.0 Å². The summed E-state index contributed by atoms with van der Waals surface area (Å²) in [6, 6.07) is 6.46. The lowest BCUT2D eigenvalue weighted by molar-refractivity contribution is 0.183. The summed E-state index contributed by atoms with van der Waals surface area (Å²) in [4.78, 5) is 0. The Labute approximate surface area is 133 Å². The highest BCUT2D eigenvalue weighted by atomic mass is 79.9. The second kappa shape index (κ2) is 6.28. The van der Waals surface area contributed by atoms with Gasteiger partial charge in [0.25, 0.3) is 0 Å². The molecule has 0 bridgehead atoms. The van der Waals surface area contributed by atoms with Crippen molar-refractivity contribution >= 4 is 31.9 Å². The van der Waals surface area contributed by atoms with E-state index in [1.807, 2.05) is 0 Å². The smallest absolute Gasteiger partial charge is 0.0363 e. The van der Waals surface area contributed by atoms with E-state index >= 15 is 0 Å². The van der Waals surface area contributed by atoms with E-state index in [4.69, 9.17) is 5.73 Å². The van der Waals surface area contributed by atoms with E-state index in [-0.39, 0.29) is 11.5 Å². The number of rotatable bonds is 4. The van der Waals surface area contributed by atoms with Crippen molar-refractivity contribution in [3.05, 3.63) is 32.7 Å². The molecule has 0 amide bonds. The topological polar surface area (TPSA) is 26.0 Å². The maximum Gasteiger partial charge on any atom is 0.0363 e. The molecule has 0 aliphatic heterocycles. The Morgan fingerprint density at radius 1 is 1.21 bits per heavy atom. The average Bonchev–Trinajstić information content (AvgIpc) is 2.80. The van der Waals surface area contributed by atoms with Gasteiger partial charge in [-0.05, 0) is 54.4 Å². The van der Waals surface area contributed by atoms with Gasteiger partial charge in [-0.2, -0.15) is 0 Å². The van der Waals surface area contributed by atoms with Gasteiger partial charge < -0.3 is 5.73 Å². The van der Waals surface area contributed by atoms with E-state index in [1.165, 1.54) is 37.7 Å². The molecule has 1 nitrogen and oxygen atoms in total. The van der Waals surface area contributed by atoms with Crippen LogP contribution in [0.25, 0.3) is 0 Å². The zero-order valence-corrected chi connectivity index (χ0v) is 14.9. The van der Waals surface area contributed by atoms with Crippen LogP contribution >= 0.6 is 31.9 Å². The Morgan fingerprint density at radius 2 is 1.84 bits per heavy atom. The average molecular weight is 389 g/mol. The molecular formula is C16H23Br2N. The number of hydrogen-bond donors (Lipinski definition) is 1. The van der Waals surface area contributed by atoms with Gasteiger partial charge in [-0.25, -0.2) is 0 Å². The molecule has 1 aliphatic carbocycles. The molecule has 1 aromatic rings. The van der Waals surface area contributed by atoms with Gasteiger partial charge in [-0.15, -0.1) is 0 Å². The van der Waals surface area contributed by atoms with Gasteiger partial charge in [-0.1, -0.05) is 58.5 Å². The van der Waals surface area contributed by atoms with E-state index in [1.54, 1.807) is 0 Å². The zero-order chi connectivity index (χ0) is 14.0. The lowest BCUT2D eigenvalue weighted by Gasteiger charge is -2.37. The summed E-state index contributed by atoms with van der Waals surface area (Å²) in [7, 11) is 0. The maximum absolute atomic E-state index is 6.70. The predicted octanol–water partition coefficient (Wildman–Crippen LogP) is 5.82. The van der Waals surface area contributed by atoms with E-state index in [9.17, 15) is 0 Å². The van der Waals surface area contributed by atoms with Gasteiger partial charge >= 0.3 is 0 Å². The van der Waals surface area contributed by atoms with Crippen LogP contribution < -0.4 is 5.73 Å². The Bertz CT molecular complexity index is 436. The van der Waals surface area contributed by atoms with Crippen LogP contribution in [0.4, 0.5) is 0 Å². The van der Waals surface area contributed by atoms with Crippen LogP contribution in [0.15, 0.2) is 27.1 Å². The molecule has 0 saturated heterocycles. The summed E-state index contributed by atoms with van der Waals surface area (Å²) in [6.07, 6.45) is 6.42. The molecule has 0 spiro atoms. The molecule has 0 aromatic heterocycles. The third kappa shape index (κ3) is 3.43. The van der Waals surface area contributed by atoms with Crippen LogP contribution in [-0.2, 0) is 0 Å². The molecule has 1 aliphatic rings. The van der Waals surface area contributed by atoms with Crippen LogP contribution in [0.1, 0.15) is 57.6 Å². The number of benzene rings is 1. The van der Waals surface area contributed by atoms with Crippen molar-refractivity contribution < 1.29 is 0 Å². The SMILES string of the molecule is CC(C)CC1(C(N)c2cc(Br)ccc2Br)CCCC1. The van der Waals surface area contributed by atoms with Crippen molar-refractivity contribution in [2.24, 2.45) is 17.1 Å². The molecule has 1 saturated carbocycles. The summed E-state index contributed by atoms with van der Waals surface area (Å²) in [5, 5.41) is 0. The third-order valence-electron chi connectivity index (χ3n) is 4.37. The standard InChI is InChI=1S/C16H23Br2N/c1-11(2)10-16(7-3-4-8-16)15(19)13-9-12(17)5-6-14(13)18/h5-6,9,11,15H,3-4,7-8,10,19H2,1-2H3. The van der Waals surface area contributed by atoms with Gasteiger partial charge in [0.15, 0.2) is 0 Å². The molecule has 106 valence electrons. The Kier molecular flexibility index (Phi) is 5.13. The summed E-state index contributed by atoms with van der Waals surface area (Å²) < 4.78 is 2.25. The highest BCUT2D eigenvalue weighted by molar-refractivity contribution is 9.11. The quantitative estimate of drug-likeness (QED) is 0.690. The van der Waals surface area contributed by atoms with Crippen LogP contribution in [0.5, 0.6) is 0 Å². The summed E-state index contributed by atoms with van der Waals surface area (Å²) >= 11 is 7.23. The molecule has 19 heavy (non-hydrogen) atoms. The van der Waals surface area contributed by atoms with Gasteiger partial charge in [0.2, 0.25) is 0 Å². The monoisotopic (exact) mass is 387 g/mol. The van der Waals surface area contributed by atoms with Crippen molar-refractivity contribution in [1.82, 2.24) is 0 Å². The first kappa shape index (κ1) is 15.5. The fourth-order valence-corrected chi connectivity index (χ4v) is 4.49. The minimum atomic E-state index is 0.129. The summed E-state index contributed by atoms with van der Waals surface area (Å²) in [5.41, 5.74) is 8.24. The first-order valence-electron chi connectivity index (χ1n) is 7.15. The first-order valence-corrected chi connectivity index (χ1v) is 8.74. The van der Waals surface area contributed by atoms with Crippen molar-refractivity contribution in [2.45, 2.75) is 52.0 Å². The normalized spacial score (nSPS) is 19.9. The van der Waals surface area contributed by atoms with Gasteiger partial charge in [-0.3, -0.25) is 0 Å². The van der Waals surface area contributed by atoms with Crippen LogP contribution in [0.2, 0.25) is 0 Å². The summed E-state index contributed by atoms with van der Waals surface area (Å²) in [6.45, 7) is 4.62. The predicted molar refractivity (Wildman–Crippen MR) is 89.1 cm³/mol. The maximum atomic E-state index is 6.70. The number of hydrogen-bond acceptors (Lipinski definition) is 1. The largest absolute Gasteiger partial charge is 0.323 e. The Hall–Kier alpha value is 0.140. The third-order valence-corrected chi connectivity index (χ3v) is 5.58. The summed E-state index contributed by atoms with van der Waals surface area (Å²) in [5.74, 6) is 0.704. The number of nitrogens with two attached hydrogens (primary N) is 1. The Morgan fingerprint density at radius 3 is 2.42 bits per heavy atom. The molecule has 0 heterocycles. The lowest BCUT2D eigenvalue weighted by atomic mass is 9.71. The minimum absolute atomic E-state index is 0.129. The molecule has 1 unspecified atom stereocenters. The van der Waals surface area contributed by atoms with Crippen molar-refractivity contribution in [2.75, 3.05) is 0 Å². The minimum Gasteiger partial charge on any atom is -0.323 e. The van der Waals surface area contributed by atoms with E-state index < -0.39 is 0 Å². The van der Waals surface area contributed by atoms with Crippen molar-refractivity contribution in [1.29, 1.82) is 0 Å². The fraction of sp³-hybridized carbons (Fsp3) is 0.625. The number of halogens is 2. The highest BCUT2D eigenvalue weighted by Crippen LogP contribution is 2.51. The van der Waals surface area contributed by atoms with Crippen LogP contribution in [0, 0.1) is 11.3 Å². The van der Waals surface area contributed by atoms with Crippen LogP contribution in [-0.4, -0.2) is 0 Å². The molecule has 1 fully saturated rings. The Balaban J connectivity index is 2.33. The van der Waals surface area contributed by atoms with Gasteiger partial charge in [0.1, 0.15) is 0 Å². The van der Waals surface area contributed by atoms with E-state index in [0.717, 1.165) is 8.95 Å². The molecular weight excluding hydrogens is 366 g/mol. The first-order chi connectivity index (χ1) is 8.94.